The molecule has 6 nitrogen and oxygen atoms in total. The van der Waals surface area contributed by atoms with E-state index in [0.29, 0.717) is 11.8 Å². The van der Waals surface area contributed by atoms with Crippen molar-refractivity contribution in [2.24, 2.45) is 11.8 Å². The molecule has 28 heavy (non-hydrogen) atoms. The van der Waals surface area contributed by atoms with Gasteiger partial charge in [0.05, 0.1) is 15.6 Å². The lowest BCUT2D eigenvalue weighted by molar-refractivity contribution is 0.314. The van der Waals surface area contributed by atoms with Gasteiger partial charge in [0.1, 0.15) is 17.8 Å². The Bertz CT molecular complexity index is 1120. The molecule has 4 heterocycles. The Balaban J connectivity index is 1.32. The van der Waals surface area contributed by atoms with E-state index in [1.165, 1.54) is 4.70 Å². The zero-order valence-corrected chi connectivity index (χ0v) is 17.1. The van der Waals surface area contributed by atoms with E-state index in [9.17, 15) is 0 Å². The van der Waals surface area contributed by atoms with E-state index in [2.05, 4.69) is 38.2 Å². The minimum absolute atomic E-state index is 0.522. The lowest BCUT2D eigenvalue weighted by atomic mass is 9.87. The monoisotopic (exact) mass is 412 g/mol. The van der Waals surface area contributed by atoms with Crippen LogP contribution in [-0.2, 0) is 0 Å². The van der Waals surface area contributed by atoms with E-state index < -0.39 is 0 Å². The maximum absolute atomic E-state index is 6.12. The third kappa shape index (κ3) is 3.29. The second-order valence-corrected chi connectivity index (χ2v) is 8.87. The summed E-state index contributed by atoms with van der Waals surface area (Å²) in [6.45, 7) is 5.25. The average molecular weight is 413 g/mol. The van der Waals surface area contributed by atoms with Crippen LogP contribution in [0.5, 0.6) is 0 Å². The Morgan fingerprint density at radius 1 is 1.32 bits per heavy atom. The molecule has 0 spiro atoms. The van der Waals surface area contributed by atoms with Crippen LogP contribution in [0.15, 0.2) is 36.8 Å². The largest absolute Gasteiger partial charge is 0.369 e. The van der Waals surface area contributed by atoms with Crippen molar-refractivity contribution in [3.63, 3.8) is 0 Å². The van der Waals surface area contributed by atoms with Gasteiger partial charge in [-0.05, 0) is 42.5 Å². The van der Waals surface area contributed by atoms with Gasteiger partial charge in [-0.3, -0.25) is 0 Å². The summed E-state index contributed by atoms with van der Waals surface area (Å²) in [5, 5.41) is 6.40. The number of hydrogen-bond acceptors (Lipinski definition) is 6. The molecule has 1 aliphatic heterocycles. The molecule has 0 saturated carbocycles. The number of fused-ring (bicyclic) bond motifs is 2. The molecule has 0 bridgehead atoms. The van der Waals surface area contributed by atoms with Crippen LogP contribution in [-0.4, -0.2) is 39.6 Å². The zero-order valence-electron chi connectivity index (χ0n) is 15.5. The van der Waals surface area contributed by atoms with Crippen molar-refractivity contribution in [2.75, 3.05) is 29.9 Å². The molecule has 8 heteroatoms. The molecule has 2 atom stereocenters. The van der Waals surface area contributed by atoms with E-state index in [-0.39, 0.29) is 0 Å². The van der Waals surface area contributed by atoms with Crippen molar-refractivity contribution in [3.8, 4) is 0 Å². The van der Waals surface area contributed by atoms with Crippen LogP contribution in [0.4, 0.5) is 10.9 Å². The Labute approximate surface area is 172 Å². The van der Waals surface area contributed by atoms with Crippen LogP contribution >= 0.6 is 22.9 Å². The summed E-state index contributed by atoms with van der Waals surface area (Å²) < 4.78 is 1.18. The number of halogens is 1. The number of hydrogen-bond donors (Lipinski definition) is 2. The van der Waals surface area contributed by atoms with Crippen molar-refractivity contribution in [1.82, 2.24) is 19.9 Å². The average Bonchev–Trinajstić information content (AvgIpc) is 3.34. The molecule has 2 N–H and O–H groups in total. The van der Waals surface area contributed by atoms with Gasteiger partial charge in [0.25, 0.3) is 0 Å². The quantitative estimate of drug-likeness (QED) is 0.504. The first-order valence-corrected chi connectivity index (χ1v) is 10.7. The second kappa shape index (κ2) is 7.22. The van der Waals surface area contributed by atoms with E-state index in [1.54, 1.807) is 17.7 Å². The van der Waals surface area contributed by atoms with Crippen LogP contribution < -0.4 is 10.2 Å². The summed E-state index contributed by atoms with van der Waals surface area (Å²) in [5.41, 5.74) is 1.85. The zero-order chi connectivity index (χ0) is 19.1. The van der Waals surface area contributed by atoms with E-state index >= 15 is 0 Å². The maximum Gasteiger partial charge on any atom is 0.186 e. The van der Waals surface area contributed by atoms with Gasteiger partial charge in [0, 0.05) is 30.9 Å². The van der Waals surface area contributed by atoms with Crippen LogP contribution in [0.3, 0.4) is 0 Å². The van der Waals surface area contributed by atoms with Gasteiger partial charge in [0.2, 0.25) is 0 Å². The first kappa shape index (κ1) is 17.7. The number of nitrogens with one attached hydrogen (secondary N) is 2. The van der Waals surface area contributed by atoms with Crippen LogP contribution in [0, 0.1) is 11.8 Å². The molecule has 0 amide bonds. The molecular formula is C20H21ClN6S. The number of piperidine rings is 1. The maximum atomic E-state index is 6.12. The highest BCUT2D eigenvalue weighted by atomic mass is 35.5. The number of aromatic amines is 1. The lowest BCUT2D eigenvalue weighted by Gasteiger charge is -2.37. The van der Waals surface area contributed by atoms with Crippen LogP contribution in [0.2, 0.25) is 5.02 Å². The fourth-order valence-corrected chi connectivity index (χ4v) is 5.00. The Hall–Kier alpha value is -2.38. The number of thiazole rings is 1. The van der Waals surface area contributed by atoms with Crippen LogP contribution in [0.25, 0.3) is 21.3 Å². The van der Waals surface area contributed by atoms with Crippen molar-refractivity contribution < 1.29 is 0 Å². The minimum Gasteiger partial charge on any atom is -0.369 e. The third-order valence-electron chi connectivity index (χ3n) is 5.61. The number of aromatic nitrogens is 4. The number of anilines is 2. The summed E-state index contributed by atoms with van der Waals surface area (Å²) in [5.74, 6) is 2.06. The van der Waals surface area contributed by atoms with Crippen LogP contribution in [0.1, 0.15) is 13.3 Å². The molecule has 0 aliphatic carbocycles. The molecule has 144 valence electrons. The van der Waals surface area contributed by atoms with Crippen molar-refractivity contribution in [1.29, 1.82) is 0 Å². The molecular weight excluding hydrogens is 392 g/mol. The summed E-state index contributed by atoms with van der Waals surface area (Å²) in [6.07, 6.45) is 4.66. The first-order valence-electron chi connectivity index (χ1n) is 9.50. The fourth-order valence-electron chi connectivity index (χ4n) is 3.85. The van der Waals surface area contributed by atoms with E-state index in [0.717, 1.165) is 58.6 Å². The molecule has 4 aromatic rings. The van der Waals surface area contributed by atoms with Gasteiger partial charge < -0.3 is 15.2 Å². The summed E-state index contributed by atoms with van der Waals surface area (Å²) in [4.78, 5) is 19.1. The highest BCUT2D eigenvalue weighted by Crippen LogP contribution is 2.34. The number of nitrogens with zero attached hydrogens (tertiary/aromatic N) is 4. The molecule has 1 fully saturated rings. The van der Waals surface area contributed by atoms with E-state index in [4.69, 9.17) is 16.6 Å². The Morgan fingerprint density at radius 3 is 3.18 bits per heavy atom. The Morgan fingerprint density at radius 2 is 2.25 bits per heavy atom. The van der Waals surface area contributed by atoms with Crippen molar-refractivity contribution >= 4 is 55.1 Å². The minimum atomic E-state index is 0.522. The SMILES string of the molecule is CC1CCN(c2nc3cc(Cl)ccc3s2)CC1CNc1ncnc2[nH]ccc12. The predicted molar refractivity (Wildman–Crippen MR) is 116 cm³/mol. The summed E-state index contributed by atoms with van der Waals surface area (Å²) >= 11 is 7.86. The lowest BCUT2D eigenvalue weighted by Crippen LogP contribution is -2.42. The summed E-state index contributed by atoms with van der Waals surface area (Å²) in [7, 11) is 0. The highest BCUT2D eigenvalue weighted by molar-refractivity contribution is 7.22. The molecule has 1 saturated heterocycles. The van der Waals surface area contributed by atoms with Crippen molar-refractivity contribution in [2.45, 2.75) is 13.3 Å². The predicted octanol–water partition coefficient (Wildman–Crippen LogP) is 4.80. The molecule has 2 unspecified atom stereocenters. The third-order valence-corrected chi connectivity index (χ3v) is 6.94. The second-order valence-electron chi connectivity index (χ2n) is 7.42. The van der Waals surface area contributed by atoms with E-state index in [1.807, 2.05) is 24.4 Å². The van der Waals surface area contributed by atoms with Crippen molar-refractivity contribution in [3.05, 3.63) is 41.8 Å². The number of rotatable bonds is 4. The molecule has 5 rings (SSSR count). The van der Waals surface area contributed by atoms with Gasteiger partial charge in [-0.15, -0.1) is 0 Å². The molecule has 1 aliphatic rings. The molecule has 3 aromatic heterocycles. The highest BCUT2D eigenvalue weighted by Gasteiger charge is 2.28. The fraction of sp³-hybridized carbons (Fsp3) is 0.350. The van der Waals surface area contributed by atoms with Gasteiger partial charge in [-0.25, -0.2) is 15.0 Å². The standard InChI is InChI=1S/C20H21ClN6S/c1-12-5-7-27(20-26-16-8-14(21)2-3-17(16)28-20)10-13(12)9-23-19-15-4-6-22-18(15)24-11-25-19/h2-4,6,8,11-13H,5,7,9-10H2,1H3,(H2,22,23,24,25). The van der Waals surface area contributed by atoms with Gasteiger partial charge in [-0.2, -0.15) is 0 Å². The smallest absolute Gasteiger partial charge is 0.186 e. The molecule has 1 aromatic carbocycles. The first-order chi connectivity index (χ1) is 13.7. The van der Waals surface area contributed by atoms with Gasteiger partial charge >= 0.3 is 0 Å². The molecule has 0 radical (unpaired) electrons. The Kier molecular flexibility index (Phi) is 4.56. The van der Waals surface area contributed by atoms with Gasteiger partial charge in [-0.1, -0.05) is 29.9 Å². The normalized spacial score (nSPS) is 20.1. The van der Waals surface area contributed by atoms with Gasteiger partial charge in [0.15, 0.2) is 5.13 Å². The number of H-pyrrole nitrogens is 1. The number of benzene rings is 1. The summed E-state index contributed by atoms with van der Waals surface area (Å²) in [6, 6.07) is 7.95. The topological polar surface area (TPSA) is 69.7 Å².